The van der Waals surface area contributed by atoms with Gasteiger partial charge in [-0.3, -0.25) is 9.97 Å². The number of fused-ring (bicyclic) bond motifs is 2. The van der Waals surface area contributed by atoms with Crippen LogP contribution in [0.2, 0.25) is 0 Å². The average Bonchev–Trinajstić information content (AvgIpc) is 3.94. The summed E-state index contributed by atoms with van der Waals surface area (Å²) in [6, 6.07) is 16.4. The molecule has 72 heavy (non-hydrogen) atoms. The Bertz CT molecular complexity index is 2770. The minimum atomic E-state index is -1.32. The van der Waals surface area contributed by atoms with E-state index in [0.717, 1.165) is 61.6 Å². The molecule has 5 heterocycles. The SMILES string of the molecule is COc1ccc2ncc(CO)c([C@H](O)CCC3(CO)CCN(CCSc4cccs4)CC3)c2c1.COc1ccc2ncc(CO)c([C@H](O)CCC3([C@@H](O)CC#Cc4cc(F)cc(F)c4F)CCNCC3)c2c1. The number of hydrogen-bond donors (Lipinski definition) is 7. The molecule has 12 nitrogen and oxygen atoms in total. The minimum Gasteiger partial charge on any atom is -0.497 e. The van der Waals surface area contributed by atoms with Gasteiger partial charge in [0.25, 0.3) is 0 Å². The number of aliphatic hydroxyl groups excluding tert-OH is 6. The molecule has 3 aromatic heterocycles. The molecule has 0 amide bonds. The predicted molar refractivity (Wildman–Crippen MR) is 275 cm³/mol. The number of rotatable bonds is 19. The van der Waals surface area contributed by atoms with Crippen molar-refractivity contribution in [1.82, 2.24) is 20.2 Å². The summed E-state index contributed by atoms with van der Waals surface area (Å²) in [5.74, 6) is 4.01. The Hall–Kier alpha value is -4.84. The molecular formula is C55H65F3N4O8S2. The fourth-order valence-electron chi connectivity index (χ4n) is 10.1. The molecule has 7 N–H and O–H groups in total. The molecule has 8 rings (SSSR count). The highest BCUT2D eigenvalue weighted by molar-refractivity contribution is 8.01. The van der Waals surface area contributed by atoms with Crippen LogP contribution in [-0.2, 0) is 13.2 Å². The first-order valence-corrected chi connectivity index (χ1v) is 26.2. The van der Waals surface area contributed by atoms with Crippen molar-refractivity contribution in [3.63, 3.8) is 0 Å². The molecule has 3 aromatic carbocycles. The van der Waals surface area contributed by atoms with E-state index in [4.69, 9.17) is 9.47 Å². The first-order valence-electron chi connectivity index (χ1n) is 24.4. The van der Waals surface area contributed by atoms with Gasteiger partial charge in [0.15, 0.2) is 11.6 Å². The van der Waals surface area contributed by atoms with Crippen LogP contribution in [0.15, 0.2) is 82.6 Å². The van der Waals surface area contributed by atoms with Crippen LogP contribution in [0.5, 0.6) is 11.5 Å². The van der Waals surface area contributed by atoms with Crippen molar-refractivity contribution in [2.24, 2.45) is 10.8 Å². The van der Waals surface area contributed by atoms with Gasteiger partial charge in [-0.25, -0.2) is 13.2 Å². The van der Waals surface area contributed by atoms with Crippen LogP contribution in [0.1, 0.15) is 97.8 Å². The number of benzene rings is 3. The van der Waals surface area contributed by atoms with Gasteiger partial charge in [0, 0.05) is 65.7 Å². The molecule has 2 fully saturated rings. The maximum atomic E-state index is 14.0. The first-order chi connectivity index (χ1) is 34.8. The van der Waals surface area contributed by atoms with Gasteiger partial charge in [-0.1, -0.05) is 17.9 Å². The second-order valence-corrected chi connectivity index (χ2v) is 21.1. The number of thiophene rings is 1. The molecule has 0 saturated carbocycles. The van der Waals surface area contributed by atoms with Gasteiger partial charge in [0.2, 0.25) is 0 Å². The average molecular weight is 1030 g/mol. The van der Waals surface area contributed by atoms with Crippen LogP contribution < -0.4 is 14.8 Å². The van der Waals surface area contributed by atoms with Crippen molar-refractivity contribution in [2.75, 3.05) is 59.3 Å². The predicted octanol–water partition coefficient (Wildman–Crippen LogP) is 8.62. The fourth-order valence-corrected chi connectivity index (χ4v) is 11.9. The Kier molecular flexibility index (Phi) is 19.8. The molecule has 3 atom stereocenters. The zero-order valence-electron chi connectivity index (χ0n) is 40.8. The number of halogens is 3. The second kappa shape index (κ2) is 25.9. The quantitative estimate of drug-likeness (QED) is 0.0233. The number of aliphatic hydroxyl groups is 6. The van der Waals surface area contributed by atoms with E-state index in [1.807, 2.05) is 30.0 Å². The number of nitrogens with one attached hydrogen (secondary N) is 1. The highest BCUT2D eigenvalue weighted by Gasteiger charge is 2.39. The molecule has 17 heteroatoms. The van der Waals surface area contributed by atoms with Crippen LogP contribution in [0.4, 0.5) is 13.2 Å². The van der Waals surface area contributed by atoms with E-state index in [1.165, 1.54) is 4.21 Å². The minimum absolute atomic E-state index is 0.0229. The lowest BCUT2D eigenvalue weighted by molar-refractivity contribution is -0.0121. The van der Waals surface area contributed by atoms with Gasteiger partial charge < -0.3 is 50.3 Å². The Labute approximate surface area is 427 Å². The van der Waals surface area contributed by atoms with E-state index in [2.05, 4.69) is 49.5 Å². The summed E-state index contributed by atoms with van der Waals surface area (Å²) in [6.45, 7) is 3.99. The third-order valence-corrected chi connectivity index (χ3v) is 16.6. The highest BCUT2D eigenvalue weighted by atomic mass is 32.2. The van der Waals surface area contributed by atoms with Crippen LogP contribution in [0, 0.1) is 40.1 Å². The lowest BCUT2D eigenvalue weighted by Crippen LogP contribution is -2.44. The smallest absolute Gasteiger partial charge is 0.174 e. The van der Waals surface area contributed by atoms with Crippen molar-refractivity contribution in [1.29, 1.82) is 0 Å². The summed E-state index contributed by atoms with van der Waals surface area (Å²) >= 11 is 3.69. The van der Waals surface area contributed by atoms with Crippen LogP contribution >= 0.6 is 23.1 Å². The number of ether oxygens (including phenoxy) is 2. The molecule has 2 aliphatic rings. The van der Waals surface area contributed by atoms with Crippen LogP contribution in [0.25, 0.3) is 21.8 Å². The van der Waals surface area contributed by atoms with Crippen molar-refractivity contribution < 1.29 is 53.3 Å². The maximum absolute atomic E-state index is 14.0. The normalized spacial score (nSPS) is 16.8. The van der Waals surface area contributed by atoms with Gasteiger partial charge in [0.05, 0.1) is 66.6 Å². The third kappa shape index (κ3) is 13.5. The van der Waals surface area contributed by atoms with Crippen LogP contribution in [0.3, 0.4) is 0 Å². The molecular weight excluding hydrogens is 966 g/mol. The number of piperidine rings is 2. The number of hydrogen-bond acceptors (Lipinski definition) is 14. The lowest BCUT2D eigenvalue weighted by atomic mass is 9.69. The second-order valence-electron chi connectivity index (χ2n) is 18.7. The summed E-state index contributed by atoms with van der Waals surface area (Å²) in [6.07, 6.45) is 5.71. The number of methoxy groups -OCH3 is 2. The molecule has 0 aliphatic carbocycles. The standard InChI is InChI=1S/C29H31F3N2O4.C26H34N2O4S2/c1-38-21-5-6-24-22(15-21)27(19(17-35)16-34-24)25(36)7-8-29(9-11-33-12-10-29)26(37)4-2-3-18-13-20(30)14-23(31)28(18)32;1-32-20-4-5-22-21(15-20)25(19(17-29)16-27-22)23(31)6-7-26(18-30)8-10-28(11-9-26)12-14-34-24-3-2-13-33-24/h5-6,13-16,25-26,33,35-37H,4,7-12,17H2,1H3;2-5,13,15-16,23,29-31H,6-12,14,17-18H2,1H3/t25-,26+;23-/m11/s1. The lowest BCUT2D eigenvalue weighted by Gasteiger charge is -2.41. The van der Waals surface area contributed by atoms with Crippen molar-refractivity contribution >= 4 is 44.9 Å². The number of aromatic nitrogens is 2. The van der Waals surface area contributed by atoms with E-state index in [9.17, 15) is 43.8 Å². The molecule has 2 aliphatic heterocycles. The van der Waals surface area contributed by atoms with Gasteiger partial charge in [-0.2, -0.15) is 0 Å². The van der Waals surface area contributed by atoms with Crippen molar-refractivity contribution in [2.45, 2.75) is 93.5 Å². The van der Waals surface area contributed by atoms with E-state index in [1.54, 1.807) is 56.1 Å². The Morgan fingerprint density at radius 2 is 1.39 bits per heavy atom. The zero-order valence-corrected chi connectivity index (χ0v) is 42.4. The summed E-state index contributed by atoms with van der Waals surface area (Å²) < 4.78 is 53.0. The maximum Gasteiger partial charge on any atom is 0.174 e. The number of nitrogens with zero attached hydrogens (tertiary/aromatic N) is 3. The van der Waals surface area contributed by atoms with E-state index >= 15 is 0 Å². The number of pyridine rings is 2. The van der Waals surface area contributed by atoms with Crippen LogP contribution in [-0.4, -0.2) is 111 Å². The van der Waals surface area contributed by atoms with E-state index in [-0.39, 0.29) is 31.7 Å². The summed E-state index contributed by atoms with van der Waals surface area (Å²) in [5.41, 5.74) is 2.69. The summed E-state index contributed by atoms with van der Waals surface area (Å²) in [7, 11) is 3.16. The molecule has 0 unspecified atom stereocenters. The molecule has 0 spiro atoms. The van der Waals surface area contributed by atoms with Crippen molar-refractivity contribution in [3.05, 3.63) is 124 Å². The Morgan fingerprint density at radius 1 is 0.792 bits per heavy atom. The largest absolute Gasteiger partial charge is 0.497 e. The molecule has 0 radical (unpaired) electrons. The van der Waals surface area contributed by atoms with E-state index < -0.39 is 46.7 Å². The van der Waals surface area contributed by atoms with Gasteiger partial charge in [-0.15, -0.1) is 23.1 Å². The Balaban J connectivity index is 0.000000213. The number of likely N-dealkylation sites (tertiary alicyclic amines) is 1. The van der Waals surface area contributed by atoms with Gasteiger partial charge in [-0.05, 0) is 153 Å². The zero-order chi connectivity index (χ0) is 51.3. The highest BCUT2D eigenvalue weighted by Crippen LogP contribution is 2.43. The summed E-state index contributed by atoms with van der Waals surface area (Å²) in [5, 5.41) is 70.7. The Morgan fingerprint density at radius 3 is 1.93 bits per heavy atom. The summed E-state index contributed by atoms with van der Waals surface area (Å²) in [4.78, 5) is 11.3. The third-order valence-electron chi connectivity index (χ3n) is 14.5. The molecule has 2 saturated heterocycles. The van der Waals surface area contributed by atoms with Crippen molar-refractivity contribution in [3.8, 4) is 23.3 Å². The molecule has 6 aromatic rings. The number of thioether (sulfide) groups is 1. The van der Waals surface area contributed by atoms with Gasteiger partial charge in [0.1, 0.15) is 17.3 Å². The van der Waals surface area contributed by atoms with Gasteiger partial charge >= 0.3 is 0 Å². The fraction of sp³-hybridized carbons (Fsp3) is 0.455. The van der Waals surface area contributed by atoms with E-state index in [0.29, 0.717) is 95.9 Å². The monoisotopic (exact) mass is 1030 g/mol. The topological polar surface area (TPSA) is 181 Å². The molecule has 386 valence electrons. The first kappa shape index (κ1) is 54.9. The molecule has 0 bridgehead atoms.